The highest BCUT2D eigenvalue weighted by Gasteiger charge is 2.15. The molecule has 4 rings (SSSR count). The van der Waals surface area contributed by atoms with E-state index in [1.54, 1.807) is 24.3 Å². The van der Waals surface area contributed by atoms with Gasteiger partial charge in [-0.3, -0.25) is 23.5 Å². The average molecular weight is 507 g/mol. The standard InChI is InChI=1S/C27H24F2N4O4/c28-18-8-12-20(13-9-18)30-24(34)7-3-4-16-32-26(36)22-5-1-2-6-23(22)33(27(32)37)17-25(35)31-21-14-10-19(29)11-15-21/h1-2,5-6,8-15H,3-4,7,16-17H2,(H,30,34)(H,31,35). The molecule has 10 heteroatoms. The molecule has 0 fully saturated rings. The van der Waals surface area contributed by atoms with Crippen LogP contribution in [0.5, 0.6) is 0 Å². The van der Waals surface area contributed by atoms with Gasteiger partial charge in [-0.25, -0.2) is 13.6 Å². The van der Waals surface area contributed by atoms with Crippen LogP contribution in [0.3, 0.4) is 0 Å². The SMILES string of the molecule is O=C(CCCCn1c(=O)c2ccccc2n(CC(=O)Nc2ccc(F)cc2)c1=O)Nc1ccc(F)cc1. The molecule has 0 spiro atoms. The van der Waals surface area contributed by atoms with Crippen molar-refractivity contribution < 1.29 is 18.4 Å². The number of hydrogen-bond acceptors (Lipinski definition) is 4. The first-order chi connectivity index (χ1) is 17.8. The lowest BCUT2D eigenvalue weighted by atomic mass is 10.2. The summed E-state index contributed by atoms with van der Waals surface area (Å²) in [6.45, 7) is -0.289. The van der Waals surface area contributed by atoms with E-state index in [0.29, 0.717) is 29.7 Å². The van der Waals surface area contributed by atoms with Crippen molar-refractivity contribution in [1.82, 2.24) is 9.13 Å². The second-order valence-electron chi connectivity index (χ2n) is 8.41. The number of aromatic nitrogens is 2. The molecule has 0 aliphatic rings. The van der Waals surface area contributed by atoms with E-state index in [9.17, 15) is 28.0 Å². The van der Waals surface area contributed by atoms with Gasteiger partial charge in [-0.1, -0.05) is 12.1 Å². The van der Waals surface area contributed by atoms with Crippen LogP contribution in [0, 0.1) is 11.6 Å². The summed E-state index contributed by atoms with van der Waals surface area (Å²) in [6, 6.07) is 17.1. The summed E-state index contributed by atoms with van der Waals surface area (Å²) in [5.41, 5.74) is 0.0388. The Morgan fingerprint density at radius 2 is 1.27 bits per heavy atom. The number of unbranched alkanes of at least 4 members (excludes halogenated alkanes) is 1. The molecule has 0 aliphatic carbocycles. The topological polar surface area (TPSA) is 102 Å². The molecule has 0 radical (unpaired) electrons. The third-order valence-electron chi connectivity index (χ3n) is 5.73. The van der Waals surface area contributed by atoms with Gasteiger partial charge < -0.3 is 10.6 Å². The normalized spacial score (nSPS) is 10.9. The Hall–Kier alpha value is -4.60. The molecule has 190 valence electrons. The molecule has 8 nitrogen and oxygen atoms in total. The van der Waals surface area contributed by atoms with Gasteiger partial charge >= 0.3 is 5.69 Å². The highest BCUT2D eigenvalue weighted by molar-refractivity contribution is 5.92. The molecule has 1 aromatic heterocycles. The predicted molar refractivity (Wildman–Crippen MR) is 136 cm³/mol. The maximum Gasteiger partial charge on any atom is 0.331 e. The summed E-state index contributed by atoms with van der Waals surface area (Å²) in [7, 11) is 0. The molecule has 0 saturated heterocycles. The maximum atomic E-state index is 13.2. The van der Waals surface area contributed by atoms with E-state index >= 15 is 0 Å². The van der Waals surface area contributed by atoms with Gasteiger partial charge in [-0.15, -0.1) is 0 Å². The van der Waals surface area contributed by atoms with Crippen LogP contribution in [-0.2, 0) is 22.7 Å². The Balaban J connectivity index is 1.46. The van der Waals surface area contributed by atoms with Gasteiger partial charge in [0.15, 0.2) is 0 Å². The van der Waals surface area contributed by atoms with Crippen LogP contribution in [0.1, 0.15) is 19.3 Å². The Morgan fingerprint density at radius 1 is 0.703 bits per heavy atom. The van der Waals surface area contributed by atoms with Crippen molar-refractivity contribution in [3.63, 3.8) is 0 Å². The molecule has 0 aliphatic heterocycles. The minimum absolute atomic E-state index is 0.0614. The van der Waals surface area contributed by atoms with E-state index in [1.807, 2.05) is 0 Å². The van der Waals surface area contributed by atoms with Crippen molar-refractivity contribution in [2.75, 3.05) is 10.6 Å². The fourth-order valence-electron chi connectivity index (χ4n) is 3.91. The van der Waals surface area contributed by atoms with Crippen LogP contribution in [-0.4, -0.2) is 20.9 Å². The van der Waals surface area contributed by atoms with Gasteiger partial charge in [0.25, 0.3) is 5.56 Å². The summed E-state index contributed by atoms with van der Waals surface area (Å²) in [5, 5.41) is 5.56. The lowest BCUT2D eigenvalue weighted by Gasteiger charge is -2.14. The zero-order valence-electron chi connectivity index (χ0n) is 19.7. The Bertz CT molecular complexity index is 1540. The lowest BCUT2D eigenvalue weighted by Crippen LogP contribution is -2.41. The molecule has 0 unspecified atom stereocenters. The first-order valence-corrected chi connectivity index (χ1v) is 11.6. The zero-order valence-corrected chi connectivity index (χ0v) is 19.7. The number of halogens is 2. The van der Waals surface area contributed by atoms with Gasteiger partial charge in [0.2, 0.25) is 11.8 Å². The maximum absolute atomic E-state index is 13.2. The van der Waals surface area contributed by atoms with Crippen molar-refractivity contribution in [3.8, 4) is 0 Å². The highest BCUT2D eigenvalue weighted by atomic mass is 19.1. The minimum atomic E-state index is -0.645. The Labute approximate surface area is 210 Å². The number of carbonyl (C=O) groups is 2. The molecule has 1 heterocycles. The number of carbonyl (C=O) groups excluding carboxylic acids is 2. The van der Waals surface area contributed by atoms with E-state index < -0.39 is 28.8 Å². The number of amides is 2. The summed E-state index contributed by atoms with van der Waals surface area (Å²) in [4.78, 5) is 51.0. The molecular weight excluding hydrogens is 482 g/mol. The quantitative estimate of drug-likeness (QED) is 0.336. The highest BCUT2D eigenvalue weighted by Crippen LogP contribution is 2.12. The summed E-state index contributed by atoms with van der Waals surface area (Å²) in [5.74, 6) is -1.63. The molecular formula is C27H24F2N4O4. The van der Waals surface area contributed by atoms with E-state index in [2.05, 4.69) is 10.6 Å². The van der Waals surface area contributed by atoms with Gasteiger partial charge in [0.1, 0.15) is 18.2 Å². The third-order valence-corrected chi connectivity index (χ3v) is 5.73. The van der Waals surface area contributed by atoms with Gasteiger partial charge in [-0.2, -0.15) is 0 Å². The first-order valence-electron chi connectivity index (χ1n) is 11.6. The smallest absolute Gasteiger partial charge is 0.326 e. The number of rotatable bonds is 9. The van der Waals surface area contributed by atoms with E-state index in [-0.39, 0.29) is 30.8 Å². The fraction of sp³-hybridized carbons (Fsp3) is 0.185. The average Bonchev–Trinajstić information content (AvgIpc) is 2.89. The monoisotopic (exact) mass is 506 g/mol. The predicted octanol–water partition coefficient (Wildman–Crippen LogP) is 3.89. The number of hydrogen-bond donors (Lipinski definition) is 2. The summed E-state index contributed by atoms with van der Waals surface area (Å²) < 4.78 is 28.4. The third kappa shape index (κ3) is 6.35. The van der Waals surface area contributed by atoms with Gasteiger partial charge in [-0.05, 0) is 73.5 Å². The molecule has 2 amide bonds. The van der Waals surface area contributed by atoms with Crippen LogP contribution in [0.25, 0.3) is 10.9 Å². The Kier molecular flexibility index (Phi) is 7.87. The fourth-order valence-corrected chi connectivity index (χ4v) is 3.91. The van der Waals surface area contributed by atoms with Crippen molar-refractivity contribution in [1.29, 1.82) is 0 Å². The summed E-state index contributed by atoms with van der Waals surface area (Å²) in [6.07, 6.45) is 0.914. The molecule has 4 aromatic rings. The lowest BCUT2D eigenvalue weighted by molar-refractivity contribution is -0.117. The second kappa shape index (κ2) is 11.4. The number of benzene rings is 3. The number of para-hydroxylation sites is 1. The number of anilines is 2. The molecule has 3 aromatic carbocycles. The molecule has 0 atom stereocenters. The largest absolute Gasteiger partial charge is 0.331 e. The molecule has 2 N–H and O–H groups in total. The summed E-state index contributed by atoms with van der Waals surface area (Å²) >= 11 is 0. The van der Waals surface area contributed by atoms with Crippen molar-refractivity contribution >= 4 is 34.1 Å². The number of fused-ring (bicyclic) bond motifs is 1. The number of nitrogens with zero attached hydrogens (tertiary/aromatic N) is 2. The van der Waals surface area contributed by atoms with Crippen molar-refractivity contribution in [2.45, 2.75) is 32.4 Å². The second-order valence-corrected chi connectivity index (χ2v) is 8.41. The molecule has 0 bridgehead atoms. The Morgan fingerprint density at radius 3 is 1.89 bits per heavy atom. The van der Waals surface area contributed by atoms with Crippen molar-refractivity contribution in [3.05, 3.63) is 105 Å². The molecule has 37 heavy (non-hydrogen) atoms. The first kappa shape index (κ1) is 25.5. The van der Waals surface area contributed by atoms with Crippen LogP contribution in [0.2, 0.25) is 0 Å². The minimum Gasteiger partial charge on any atom is -0.326 e. The zero-order chi connectivity index (χ0) is 26.4. The van der Waals surface area contributed by atoms with Crippen LogP contribution >= 0.6 is 0 Å². The van der Waals surface area contributed by atoms with Crippen molar-refractivity contribution in [2.24, 2.45) is 0 Å². The van der Waals surface area contributed by atoms with Gasteiger partial charge in [0, 0.05) is 24.3 Å². The van der Waals surface area contributed by atoms with Crippen LogP contribution < -0.4 is 21.9 Å². The van der Waals surface area contributed by atoms with Crippen LogP contribution in [0.15, 0.2) is 82.4 Å². The van der Waals surface area contributed by atoms with E-state index in [0.717, 1.165) is 4.57 Å². The van der Waals surface area contributed by atoms with Crippen LogP contribution in [0.4, 0.5) is 20.2 Å². The molecule has 0 saturated carbocycles. The van der Waals surface area contributed by atoms with Gasteiger partial charge in [0.05, 0.1) is 10.9 Å². The number of nitrogens with one attached hydrogen (secondary N) is 2. The van der Waals surface area contributed by atoms with E-state index in [4.69, 9.17) is 0 Å². The van der Waals surface area contributed by atoms with E-state index in [1.165, 1.54) is 53.1 Å².